The van der Waals surface area contributed by atoms with Gasteiger partial charge in [0, 0.05) is 20.8 Å². The van der Waals surface area contributed by atoms with Crippen LogP contribution in [0.1, 0.15) is 25.7 Å². The van der Waals surface area contributed by atoms with E-state index < -0.39 is 6.04 Å². The fraction of sp³-hybridized carbons (Fsp3) is 0.909. The average molecular weight is 230 g/mol. The molecule has 0 radical (unpaired) electrons. The van der Waals surface area contributed by atoms with Crippen LogP contribution in [0.25, 0.3) is 0 Å². The number of carbonyl (C=O) groups excluding carboxylic acids is 1. The van der Waals surface area contributed by atoms with Crippen molar-refractivity contribution in [1.82, 2.24) is 5.32 Å². The zero-order valence-electron chi connectivity index (χ0n) is 10.1. The van der Waals surface area contributed by atoms with E-state index in [0.717, 1.165) is 19.3 Å². The molecular formula is C11H22N2O3. The molecule has 94 valence electrons. The van der Waals surface area contributed by atoms with Crippen molar-refractivity contribution >= 4 is 5.91 Å². The number of hydrogen-bond acceptors (Lipinski definition) is 4. The highest BCUT2D eigenvalue weighted by atomic mass is 16.5. The molecule has 0 heterocycles. The molecule has 1 aliphatic rings. The average Bonchev–Trinajstić information content (AvgIpc) is 2.72. The zero-order valence-corrected chi connectivity index (χ0v) is 10.1. The summed E-state index contributed by atoms with van der Waals surface area (Å²) < 4.78 is 10.2. The van der Waals surface area contributed by atoms with E-state index in [1.54, 1.807) is 14.2 Å². The van der Waals surface area contributed by atoms with Crippen LogP contribution in [0.2, 0.25) is 0 Å². The third kappa shape index (κ3) is 3.73. The van der Waals surface area contributed by atoms with Crippen LogP contribution < -0.4 is 11.1 Å². The van der Waals surface area contributed by atoms with Crippen molar-refractivity contribution in [1.29, 1.82) is 0 Å². The molecule has 1 fully saturated rings. The molecule has 0 spiro atoms. The topological polar surface area (TPSA) is 73.6 Å². The van der Waals surface area contributed by atoms with Gasteiger partial charge in [0.1, 0.15) is 0 Å². The van der Waals surface area contributed by atoms with Gasteiger partial charge in [-0.1, -0.05) is 0 Å². The minimum absolute atomic E-state index is 0.106. The molecule has 0 saturated heterocycles. The van der Waals surface area contributed by atoms with Crippen molar-refractivity contribution in [3.8, 4) is 0 Å². The Morgan fingerprint density at radius 2 is 2.25 bits per heavy atom. The third-order valence-electron chi connectivity index (χ3n) is 3.05. The number of nitrogens with two attached hydrogens (primary N) is 1. The van der Waals surface area contributed by atoms with E-state index >= 15 is 0 Å². The Balaban J connectivity index is 2.32. The molecule has 5 nitrogen and oxygen atoms in total. The zero-order chi connectivity index (χ0) is 12.0. The Morgan fingerprint density at radius 3 is 2.88 bits per heavy atom. The van der Waals surface area contributed by atoms with Crippen LogP contribution in [0.15, 0.2) is 0 Å². The standard InChI is InChI=1S/C11H22N2O3/c1-15-7-6-8(12)11(14)13-9-4-3-5-10(9)16-2/h8-10H,3-7,12H2,1-2H3,(H,13,14). The molecule has 16 heavy (non-hydrogen) atoms. The molecule has 0 aromatic heterocycles. The Kier molecular flexibility index (Phi) is 5.73. The summed E-state index contributed by atoms with van der Waals surface area (Å²) >= 11 is 0. The monoisotopic (exact) mass is 230 g/mol. The molecule has 1 saturated carbocycles. The van der Waals surface area contributed by atoms with Gasteiger partial charge < -0.3 is 20.5 Å². The summed E-state index contributed by atoms with van der Waals surface area (Å²) in [5.41, 5.74) is 5.74. The molecule has 0 aromatic rings. The Bertz CT molecular complexity index is 223. The van der Waals surface area contributed by atoms with Gasteiger partial charge in [0.25, 0.3) is 0 Å². The van der Waals surface area contributed by atoms with Crippen LogP contribution >= 0.6 is 0 Å². The fourth-order valence-corrected chi connectivity index (χ4v) is 2.04. The summed E-state index contributed by atoms with van der Waals surface area (Å²) in [5, 5.41) is 2.94. The summed E-state index contributed by atoms with van der Waals surface area (Å²) in [7, 11) is 3.28. The van der Waals surface area contributed by atoms with Gasteiger partial charge in [-0.25, -0.2) is 0 Å². The lowest BCUT2D eigenvalue weighted by molar-refractivity contribution is -0.124. The summed E-state index contributed by atoms with van der Waals surface area (Å²) in [5.74, 6) is -0.106. The predicted molar refractivity (Wildman–Crippen MR) is 61.0 cm³/mol. The number of amides is 1. The number of methoxy groups -OCH3 is 2. The maximum Gasteiger partial charge on any atom is 0.237 e. The Morgan fingerprint density at radius 1 is 1.50 bits per heavy atom. The van der Waals surface area contributed by atoms with Crippen molar-refractivity contribution in [3.63, 3.8) is 0 Å². The minimum Gasteiger partial charge on any atom is -0.385 e. The van der Waals surface area contributed by atoms with Gasteiger partial charge in [-0.2, -0.15) is 0 Å². The van der Waals surface area contributed by atoms with E-state index in [9.17, 15) is 4.79 Å². The molecule has 5 heteroatoms. The lowest BCUT2D eigenvalue weighted by Gasteiger charge is -2.21. The van der Waals surface area contributed by atoms with Crippen LogP contribution in [0.3, 0.4) is 0 Å². The molecule has 1 amide bonds. The van der Waals surface area contributed by atoms with E-state index in [4.69, 9.17) is 15.2 Å². The number of rotatable bonds is 6. The first kappa shape index (κ1) is 13.4. The molecule has 3 atom stereocenters. The second kappa shape index (κ2) is 6.83. The SMILES string of the molecule is COCCC(N)C(=O)NC1CCCC1OC. The highest BCUT2D eigenvalue weighted by molar-refractivity contribution is 5.81. The van der Waals surface area contributed by atoms with Gasteiger partial charge in [-0.3, -0.25) is 4.79 Å². The van der Waals surface area contributed by atoms with E-state index in [1.165, 1.54) is 0 Å². The second-order valence-electron chi connectivity index (χ2n) is 4.21. The van der Waals surface area contributed by atoms with E-state index in [0.29, 0.717) is 13.0 Å². The largest absolute Gasteiger partial charge is 0.385 e. The lowest BCUT2D eigenvalue weighted by Crippen LogP contribution is -2.48. The van der Waals surface area contributed by atoms with Crippen LogP contribution in [-0.2, 0) is 14.3 Å². The third-order valence-corrected chi connectivity index (χ3v) is 3.05. The summed E-state index contributed by atoms with van der Waals surface area (Å²) in [6, 6.07) is -0.371. The minimum atomic E-state index is -0.488. The molecule has 0 aromatic carbocycles. The molecule has 1 aliphatic carbocycles. The van der Waals surface area contributed by atoms with E-state index in [1.807, 2.05) is 0 Å². The first-order valence-electron chi connectivity index (χ1n) is 5.76. The number of carbonyl (C=O) groups is 1. The van der Waals surface area contributed by atoms with Crippen molar-refractivity contribution in [2.75, 3.05) is 20.8 Å². The number of nitrogens with one attached hydrogen (secondary N) is 1. The number of ether oxygens (including phenoxy) is 2. The Labute approximate surface area is 96.7 Å². The van der Waals surface area contributed by atoms with E-state index in [-0.39, 0.29) is 18.1 Å². The Hall–Kier alpha value is -0.650. The van der Waals surface area contributed by atoms with Crippen LogP contribution in [0.5, 0.6) is 0 Å². The highest BCUT2D eigenvalue weighted by Crippen LogP contribution is 2.21. The van der Waals surface area contributed by atoms with Crippen molar-refractivity contribution < 1.29 is 14.3 Å². The van der Waals surface area contributed by atoms with Crippen molar-refractivity contribution in [2.24, 2.45) is 5.73 Å². The van der Waals surface area contributed by atoms with Gasteiger partial charge in [0.2, 0.25) is 5.91 Å². The van der Waals surface area contributed by atoms with E-state index in [2.05, 4.69) is 5.32 Å². The number of hydrogen-bond donors (Lipinski definition) is 2. The van der Waals surface area contributed by atoms with Crippen molar-refractivity contribution in [2.45, 2.75) is 43.9 Å². The van der Waals surface area contributed by atoms with Crippen LogP contribution in [0.4, 0.5) is 0 Å². The van der Waals surface area contributed by atoms with Gasteiger partial charge >= 0.3 is 0 Å². The molecular weight excluding hydrogens is 208 g/mol. The van der Waals surface area contributed by atoms with Gasteiger partial charge in [-0.15, -0.1) is 0 Å². The molecule has 0 aliphatic heterocycles. The maximum absolute atomic E-state index is 11.7. The van der Waals surface area contributed by atoms with Crippen molar-refractivity contribution in [3.05, 3.63) is 0 Å². The lowest BCUT2D eigenvalue weighted by atomic mass is 10.1. The normalized spacial score (nSPS) is 26.7. The maximum atomic E-state index is 11.7. The first-order chi connectivity index (χ1) is 7.69. The van der Waals surface area contributed by atoms with Crippen LogP contribution in [0, 0.1) is 0 Å². The quantitative estimate of drug-likeness (QED) is 0.675. The van der Waals surface area contributed by atoms with Gasteiger partial charge in [0.15, 0.2) is 0 Å². The predicted octanol–water partition coefficient (Wildman–Crippen LogP) is 0.0339. The first-order valence-corrected chi connectivity index (χ1v) is 5.76. The molecule has 1 rings (SSSR count). The second-order valence-corrected chi connectivity index (χ2v) is 4.21. The van der Waals surface area contributed by atoms with Crippen LogP contribution in [-0.4, -0.2) is 44.9 Å². The smallest absolute Gasteiger partial charge is 0.237 e. The summed E-state index contributed by atoms with van der Waals surface area (Å²) in [6.45, 7) is 0.507. The van der Waals surface area contributed by atoms with Gasteiger partial charge in [0.05, 0.1) is 18.2 Å². The summed E-state index contributed by atoms with van der Waals surface area (Å²) in [4.78, 5) is 11.7. The fourth-order valence-electron chi connectivity index (χ4n) is 2.04. The molecule has 0 bridgehead atoms. The molecule has 3 N–H and O–H groups in total. The summed E-state index contributed by atoms with van der Waals surface area (Å²) in [6.07, 6.45) is 3.76. The highest BCUT2D eigenvalue weighted by Gasteiger charge is 2.29. The molecule has 3 unspecified atom stereocenters. The van der Waals surface area contributed by atoms with Gasteiger partial charge in [-0.05, 0) is 25.7 Å².